The second kappa shape index (κ2) is 5.40. The lowest BCUT2D eigenvalue weighted by molar-refractivity contribution is -0.142. The number of aryl methyl sites for hydroxylation is 1. The van der Waals surface area contributed by atoms with Crippen LogP contribution in [0.5, 0.6) is 0 Å². The summed E-state index contributed by atoms with van der Waals surface area (Å²) in [5, 5.41) is 11.9. The van der Waals surface area contributed by atoms with Gasteiger partial charge in [0.2, 0.25) is 0 Å². The number of carbonyl (C=O) groups excluding carboxylic acids is 1. The van der Waals surface area contributed by atoms with Crippen LogP contribution in [-0.4, -0.2) is 23.0 Å². The minimum absolute atomic E-state index is 0.174. The van der Waals surface area contributed by atoms with Crippen LogP contribution in [0.25, 0.3) is 0 Å². The van der Waals surface area contributed by atoms with E-state index in [0.717, 1.165) is 22.2 Å². The number of halogens is 1. The summed E-state index contributed by atoms with van der Waals surface area (Å²) < 4.78 is 0.939. The highest BCUT2D eigenvalue weighted by Crippen LogP contribution is 2.29. The minimum atomic E-state index is -0.818. The smallest absolute Gasteiger partial charge is 0.308 e. The van der Waals surface area contributed by atoms with Crippen LogP contribution in [0.1, 0.15) is 34.5 Å². The topological polar surface area (TPSA) is 66.4 Å². The quantitative estimate of drug-likeness (QED) is 0.894. The van der Waals surface area contributed by atoms with Crippen LogP contribution in [0.4, 0.5) is 0 Å². The molecular formula is C12H14BrNO3S. The summed E-state index contributed by atoms with van der Waals surface area (Å²) in [5.41, 5.74) is 1.02. The van der Waals surface area contributed by atoms with Crippen LogP contribution in [0.15, 0.2) is 9.85 Å². The Morgan fingerprint density at radius 2 is 2.22 bits per heavy atom. The fraction of sp³-hybridized carbons (Fsp3) is 0.500. The number of aliphatic carboxylic acids is 1. The van der Waals surface area contributed by atoms with E-state index in [9.17, 15) is 9.59 Å². The number of carboxylic acid groups (broad SMARTS) is 1. The third kappa shape index (κ3) is 2.75. The Kier molecular flexibility index (Phi) is 4.07. The maximum atomic E-state index is 12.0. The molecule has 18 heavy (non-hydrogen) atoms. The van der Waals surface area contributed by atoms with Crippen LogP contribution >= 0.6 is 27.3 Å². The van der Waals surface area contributed by atoms with E-state index >= 15 is 0 Å². The molecular weight excluding hydrogens is 318 g/mol. The summed E-state index contributed by atoms with van der Waals surface area (Å²) >= 11 is 4.75. The highest BCUT2D eigenvalue weighted by molar-refractivity contribution is 9.11. The monoisotopic (exact) mass is 331 g/mol. The molecule has 0 aromatic carbocycles. The zero-order chi connectivity index (χ0) is 13.3. The summed E-state index contributed by atoms with van der Waals surface area (Å²) in [6, 6.07) is 1.57. The first kappa shape index (κ1) is 13.5. The fourth-order valence-electron chi connectivity index (χ4n) is 2.24. The molecule has 0 spiro atoms. The third-order valence-electron chi connectivity index (χ3n) is 3.23. The van der Waals surface area contributed by atoms with E-state index in [1.54, 1.807) is 0 Å². The van der Waals surface area contributed by atoms with Crippen LogP contribution in [0.3, 0.4) is 0 Å². The van der Waals surface area contributed by atoms with E-state index in [1.165, 1.54) is 11.3 Å². The molecule has 4 nitrogen and oxygen atoms in total. The number of rotatable bonds is 3. The van der Waals surface area contributed by atoms with E-state index in [-0.39, 0.29) is 11.9 Å². The van der Waals surface area contributed by atoms with E-state index in [0.29, 0.717) is 11.3 Å². The highest BCUT2D eigenvalue weighted by Gasteiger charge is 2.34. The molecule has 0 saturated heterocycles. The van der Waals surface area contributed by atoms with Crippen LogP contribution in [0.2, 0.25) is 0 Å². The van der Waals surface area contributed by atoms with Crippen molar-refractivity contribution in [3.63, 3.8) is 0 Å². The lowest BCUT2D eigenvalue weighted by Crippen LogP contribution is -2.39. The molecule has 2 rings (SSSR count). The summed E-state index contributed by atoms with van der Waals surface area (Å²) in [6.45, 7) is 1.92. The van der Waals surface area contributed by atoms with Gasteiger partial charge in [-0.1, -0.05) is 6.42 Å². The largest absolute Gasteiger partial charge is 0.481 e. The maximum absolute atomic E-state index is 12.0. The minimum Gasteiger partial charge on any atom is -0.481 e. The van der Waals surface area contributed by atoms with Gasteiger partial charge >= 0.3 is 5.97 Å². The molecule has 1 amide bonds. The van der Waals surface area contributed by atoms with Gasteiger partial charge in [0.1, 0.15) is 0 Å². The van der Waals surface area contributed by atoms with Crippen molar-refractivity contribution in [3.8, 4) is 0 Å². The van der Waals surface area contributed by atoms with Crippen molar-refractivity contribution >= 4 is 39.1 Å². The number of carbonyl (C=O) groups is 2. The van der Waals surface area contributed by atoms with E-state index in [1.807, 2.05) is 13.0 Å². The molecule has 2 N–H and O–H groups in total. The van der Waals surface area contributed by atoms with Crippen molar-refractivity contribution in [1.82, 2.24) is 5.32 Å². The SMILES string of the molecule is Cc1cc(C(=O)NC2CCCC2C(=O)O)sc1Br. The first-order chi connectivity index (χ1) is 8.49. The number of hydrogen-bond acceptors (Lipinski definition) is 3. The van der Waals surface area contributed by atoms with Gasteiger partial charge in [-0.25, -0.2) is 0 Å². The zero-order valence-corrected chi connectivity index (χ0v) is 12.3. The Hall–Kier alpha value is -0.880. The molecule has 2 atom stereocenters. The van der Waals surface area contributed by atoms with Crippen molar-refractivity contribution in [2.45, 2.75) is 32.2 Å². The molecule has 1 saturated carbocycles. The average molecular weight is 332 g/mol. The van der Waals surface area contributed by atoms with Gasteiger partial charge in [0.25, 0.3) is 5.91 Å². The van der Waals surface area contributed by atoms with Gasteiger partial charge in [0.05, 0.1) is 14.6 Å². The van der Waals surface area contributed by atoms with Crippen molar-refractivity contribution in [2.24, 2.45) is 5.92 Å². The molecule has 0 aliphatic heterocycles. The maximum Gasteiger partial charge on any atom is 0.308 e. The fourth-order valence-corrected chi connectivity index (χ4v) is 3.68. The Bertz CT molecular complexity index is 466. The molecule has 6 heteroatoms. The Labute approximate surface area is 118 Å². The number of hydrogen-bond donors (Lipinski definition) is 2. The van der Waals surface area contributed by atoms with Crippen molar-refractivity contribution in [3.05, 3.63) is 20.3 Å². The number of thiophene rings is 1. The molecule has 1 aromatic heterocycles. The van der Waals surface area contributed by atoms with Crippen LogP contribution < -0.4 is 5.32 Å². The van der Waals surface area contributed by atoms with E-state index in [4.69, 9.17) is 5.11 Å². The summed E-state index contributed by atoms with van der Waals surface area (Å²) in [4.78, 5) is 23.7. The Morgan fingerprint density at radius 3 is 2.78 bits per heavy atom. The van der Waals surface area contributed by atoms with Gasteiger partial charge in [-0.2, -0.15) is 0 Å². The third-order valence-corrected chi connectivity index (χ3v) is 5.37. The predicted octanol–water partition coefficient (Wildman–Crippen LogP) is 2.80. The van der Waals surface area contributed by atoms with Crippen LogP contribution in [0, 0.1) is 12.8 Å². The molecule has 98 valence electrons. The van der Waals surface area contributed by atoms with Gasteiger partial charge in [0, 0.05) is 6.04 Å². The van der Waals surface area contributed by atoms with Gasteiger partial charge in [-0.15, -0.1) is 11.3 Å². The summed E-state index contributed by atoms with van der Waals surface area (Å²) in [5.74, 6) is -1.44. The van der Waals surface area contributed by atoms with E-state index < -0.39 is 11.9 Å². The number of nitrogens with one attached hydrogen (secondary N) is 1. The molecule has 1 heterocycles. The lowest BCUT2D eigenvalue weighted by atomic mass is 10.0. The zero-order valence-electron chi connectivity index (χ0n) is 9.90. The number of carboxylic acids is 1. The van der Waals surface area contributed by atoms with E-state index in [2.05, 4.69) is 21.2 Å². The van der Waals surface area contributed by atoms with Gasteiger partial charge < -0.3 is 10.4 Å². The molecule has 0 radical (unpaired) electrons. The second-order valence-electron chi connectivity index (χ2n) is 4.52. The Morgan fingerprint density at radius 1 is 1.50 bits per heavy atom. The van der Waals surface area contributed by atoms with Gasteiger partial charge in [0.15, 0.2) is 0 Å². The first-order valence-corrected chi connectivity index (χ1v) is 7.39. The standard InChI is InChI=1S/C12H14BrNO3S/c1-6-5-9(18-10(6)13)11(15)14-8-4-2-3-7(8)12(16)17/h5,7-8H,2-4H2,1H3,(H,14,15)(H,16,17). The lowest BCUT2D eigenvalue weighted by Gasteiger charge is -2.16. The second-order valence-corrected chi connectivity index (χ2v) is 6.89. The summed E-state index contributed by atoms with van der Waals surface area (Å²) in [6.07, 6.45) is 2.25. The Balaban J connectivity index is 2.05. The molecule has 0 bridgehead atoms. The molecule has 1 aromatic rings. The van der Waals surface area contributed by atoms with Crippen molar-refractivity contribution in [1.29, 1.82) is 0 Å². The van der Waals surface area contributed by atoms with Crippen molar-refractivity contribution in [2.75, 3.05) is 0 Å². The average Bonchev–Trinajstić information content (AvgIpc) is 2.87. The summed E-state index contributed by atoms with van der Waals surface area (Å²) in [7, 11) is 0. The van der Waals surface area contributed by atoms with Crippen LogP contribution in [-0.2, 0) is 4.79 Å². The molecule has 1 fully saturated rings. The van der Waals surface area contributed by atoms with Gasteiger partial charge in [-0.05, 0) is 47.3 Å². The van der Waals surface area contributed by atoms with Gasteiger partial charge in [-0.3, -0.25) is 9.59 Å². The molecule has 2 unspecified atom stereocenters. The predicted molar refractivity (Wildman–Crippen MR) is 73.0 cm³/mol. The first-order valence-electron chi connectivity index (χ1n) is 5.78. The normalized spacial score (nSPS) is 23.0. The molecule has 1 aliphatic rings. The van der Waals surface area contributed by atoms with Crippen molar-refractivity contribution < 1.29 is 14.7 Å². The molecule has 1 aliphatic carbocycles. The number of amides is 1. The highest BCUT2D eigenvalue weighted by atomic mass is 79.9.